The first-order valence-corrected chi connectivity index (χ1v) is 7.80. The molecule has 1 aromatic carbocycles. The quantitative estimate of drug-likeness (QED) is 0.852. The number of aryl methyl sites for hydroxylation is 1. The molecule has 6 heteroatoms. The molecule has 0 bridgehead atoms. The molecule has 0 fully saturated rings. The monoisotopic (exact) mass is 332 g/mol. The van der Waals surface area contributed by atoms with Gasteiger partial charge in [0.2, 0.25) is 0 Å². The van der Waals surface area contributed by atoms with E-state index in [9.17, 15) is 9.90 Å². The van der Waals surface area contributed by atoms with Crippen LogP contribution in [0.25, 0.3) is 0 Å². The first-order chi connectivity index (χ1) is 11.5. The van der Waals surface area contributed by atoms with Crippen LogP contribution in [0.4, 0.5) is 4.79 Å². The molecule has 1 heterocycles. The van der Waals surface area contributed by atoms with E-state index in [2.05, 4.69) is 5.32 Å². The van der Waals surface area contributed by atoms with Gasteiger partial charge in [-0.1, -0.05) is 12.1 Å². The van der Waals surface area contributed by atoms with Gasteiger partial charge in [0.05, 0.1) is 25.8 Å². The van der Waals surface area contributed by atoms with Crippen molar-refractivity contribution in [3.05, 3.63) is 53.5 Å². The number of nitrogens with zero attached hydrogens (tertiary/aromatic N) is 1. The fraction of sp³-hybridized carbons (Fsp3) is 0.389. The molecule has 0 spiro atoms. The molecule has 2 aromatic rings. The highest BCUT2D eigenvalue weighted by Gasteiger charge is 2.23. The van der Waals surface area contributed by atoms with Gasteiger partial charge in [-0.15, -0.1) is 0 Å². The summed E-state index contributed by atoms with van der Waals surface area (Å²) in [6, 6.07) is 9.99. The third-order valence-electron chi connectivity index (χ3n) is 3.99. The zero-order valence-electron chi connectivity index (χ0n) is 14.4. The van der Waals surface area contributed by atoms with Crippen LogP contribution in [0.15, 0.2) is 40.8 Å². The Morgan fingerprint density at radius 2 is 1.96 bits per heavy atom. The van der Waals surface area contributed by atoms with Crippen molar-refractivity contribution in [2.45, 2.75) is 25.9 Å². The van der Waals surface area contributed by atoms with Crippen molar-refractivity contribution in [2.24, 2.45) is 0 Å². The molecule has 2 amide bonds. The van der Waals surface area contributed by atoms with Crippen molar-refractivity contribution in [1.82, 2.24) is 10.2 Å². The van der Waals surface area contributed by atoms with Crippen LogP contribution in [0.1, 0.15) is 36.1 Å². The van der Waals surface area contributed by atoms with Crippen molar-refractivity contribution >= 4 is 6.03 Å². The van der Waals surface area contributed by atoms with Crippen LogP contribution in [0.3, 0.4) is 0 Å². The largest absolute Gasteiger partial charge is 0.497 e. The Hall–Kier alpha value is -2.47. The van der Waals surface area contributed by atoms with Crippen LogP contribution in [0, 0.1) is 6.92 Å². The van der Waals surface area contributed by atoms with Gasteiger partial charge in [0.1, 0.15) is 17.3 Å². The number of amides is 2. The smallest absolute Gasteiger partial charge is 0.318 e. The van der Waals surface area contributed by atoms with E-state index in [1.165, 1.54) is 4.90 Å². The summed E-state index contributed by atoms with van der Waals surface area (Å²) in [6.07, 6.45) is 0. The summed E-state index contributed by atoms with van der Waals surface area (Å²) in [5.74, 6) is 2.22. The Balaban J connectivity index is 2.06. The molecule has 0 aliphatic carbocycles. The summed E-state index contributed by atoms with van der Waals surface area (Å²) in [4.78, 5) is 13.9. The molecule has 6 nitrogen and oxygen atoms in total. The second-order valence-electron chi connectivity index (χ2n) is 5.70. The van der Waals surface area contributed by atoms with Crippen molar-refractivity contribution in [2.75, 3.05) is 20.8 Å². The highest BCUT2D eigenvalue weighted by molar-refractivity contribution is 5.75. The minimum atomic E-state index is -0.443. The van der Waals surface area contributed by atoms with Gasteiger partial charge in [0.25, 0.3) is 0 Å². The van der Waals surface area contributed by atoms with E-state index >= 15 is 0 Å². The lowest BCUT2D eigenvalue weighted by molar-refractivity contribution is 0.147. The average Bonchev–Trinajstić information content (AvgIpc) is 3.02. The van der Waals surface area contributed by atoms with Gasteiger partial charge in [0.15, 0.2) is 0 Å². The van der Waals surface area contributed by atoms with E-state index in [1.54, 1.807) is 26.3 Å². The molecular weight excluding hydrogens is 308 g/mol. The summed E-state index contributed by atoms with van der Waals surface area (Å²) in [6.45, 7) is 3.53. The molecule has 24 heavy (non-hydrogen) atoms. The van der Waals surface area contributed by atoms with Gasteiger partial charge in [-0.2, -0.15) is 0 Å². The predicted molar refractivity (Wildman–Crippen MR) is 91.0 cm³/mol. The van der Waals surface area contributed by atoms with Crippen molar-refractivity contribution in [3.8, 4) is 5.75 Å². The van der Waals surface area contributed by atoms with E-state index in [4.69, 9.17) is 9.15 Å². The topological polar surface area (TPSA) is 74.9 Å². The summed E-state index contributed by atoms with van der Waals surface area (Å²) in [7, 11) is 3.25. The van der Waals surface area contributed by atoms with Crippen LogP contribution in [-0.2, 0) is 0 Å². The van der Waals surface area contributed by atoms with Gasteiger partial charge in [-0.25, -0.2) is 4.79 Å². The second-order valence-corrected chi connectivity index (χ2v) is 5.70. The van der Waals surface area contributed by atoms with Crippen LogP contribution >= 0.6 is 0 Å². The number of methoxy groups -OCH3 is 1. The number of benzene rings is 1. The molecule has 1 aromatic heterocycles. The molecule has 0 saturated carbocycles. The number of carbonyl (C=O) groups is 1. The van der Waals surface area contributed by atoms with Gasteiger partial charge in [0, 0.05) is 7.05 Å². The SMILES string of the molecule is COc1ccc([C@H](CO)N(C)C(=O)N[C@H](C)c2ccc(C)o2)cc1. The number of aliphatic hydroxyl groups is 1. The maximum absolute atomic E-state index is 12.5. The summed E-state index contributed by atoms with van der Waals surface area (Å²) in [5.41, 5.74) is 0.831. The lowest BCUT2D eigenvalue weighted by atomic mass is 10.1. The van der Waals surface area contributed by atoms with Gasteiger partial charge >= 0.3 is 6.03 Å². The minimum Gasteiger partial charge on any atom is -0.497 e. The predicted octanol–water partition coefficient (Wildman–Crippen LogP) is 3.03. The third-order valence-corrected chi connectivity index (χ3v) is 3.99. The Bertz CT molecular complexity index is 666. The van der Waals surface area contributed by atoms with Crippen LogP contribution < -0.4 is 10.1 Å². The molecule has 2 atom stereocenters. The van der Waals surface area contributed by atoms with E-state index in [1.807, 2.05) is 38.1 Å². The number of nitrogens with one attached hydrogen (secondary N) is 1. The van der Waals surface area contributed by atoms with Crippen LogP contribution in [0.5, 0.6) is 5.75 Å². The molecule has 0 saturated heterocycles. The Kier molecular flexibility index (Phi) is 5.87. The molecule has 0 unspecified atom stereocenters. The molecule has 0 aliphatic heterocycles. The highest BCUT2D eigenvalue weighted by Crippen LogP contribution is 2.23. The zero-order valence-corrected chi connectivity index (χ0v) is 14.4. The summed E-state index contributed by atoms with van der Waals surface area (Å²) in [5, 5.41) is 12.6. The normalized spacial score (nSPS) is 13.2. The molecule has 0 radical (unpaired) electrons. The number of aliphatic hydroxyl groups excluding tert-OH is 1. The maximum atomic E-state index is 12.5. The highest BCUT2D eigenvalue weighted by atomic mass is 16.5. The van der Waals surface area contributed by atoms with Crippen molar-refractivity contribution in [1.29, 1.82) is 0 Å². The summed E-state index contributed by atoms with van der Waals surface area (Å²) >= 11 is 0. The molecule has 2 rings (SSSR count). The van der Waals surface area contributed by atoms with E-state index in [0.29, 0.717) is 5.76 Å². The van der Waals surface area contributed by atoms with Gasteiger partial charge in [-0.05, 0) is 43.7 Å². The van der Waals surface area contributed by atoms with Crippen LogP contribution in [-0.4, -0.2) is 36.8 Å². The number of carbonyl (C=O) groups excluding carboxylic acids is 1. The Labute approximate surface area is 142 Å². The first kappa shape index (κ1) is 17.9. The lowest BCUT2D eigenvalue weighted by Gasteiger charge is -2.28. The van der Waals surface area contributed by atoms with E-state index < -0.39 is 6.04 Å². The number of hydrogen-bond acceptors (Lipinski definition) is 4. The molecule has 0 aliphatic rings. The number of urea groups is 1. The average molecular weight is 332 g/mol. The van der Waals surface area contributed by atoms with Crippen molar-refractivity contribution in [3.63, 3.8) is 0 Å². The van der Waals surface area contributed by atoms with Crippen molar-refractivity contribution < 1.29 is 19.1 Å². The van der Waals surface area contributed by atoms with E-state index in [0.717, 1.165) is 17.1 Å². The number of likely N-dealkylation sites (N-methyl/N-ethyl adjacent to an activating group) is 1. The fourth-order valence-corrected chi connectivity index (χ4v) is 2.46. The third kappa shape index (κ3) is 4.08. The maximum Gasteiger partial charge on any atom is 0.318 e. The Morgan fingerprint density at radius 3 is 2.46 bits per heavy atom. The summed E-state index contributed by atoms with van der Waals surface area (Å²) < 4.78 is 10.7. The standard InChI is InChI=1S/C18H24N2O4/c1-12-5-10-17(24-12)13(2)19-18(22)20(3)16(11-21)14-6-8-15(23-4)9-7-14/h5-10,13,16,21H,11H2,1-4H3,(H,19,22)/t13-,16+/m1/s1. The minimum absolute atomic E-state index is 0.176. The van der Waals surface area contributed by atoms with Gasteiger partial charge < -0.3 is 24.5 Å². The Morgan fingerprint density at radius 1 is 1.29 bits per heavy atom. The van der Waals surface area contributed by atoms with E-state index in [-0.39, 0.29) is 18.7 Å². The number of ether oxygens (including phenoxy) is 1. The first-order valence-electron chi connectivity index (χ1n) is 7.80. The fourth-order valence-electron chi connectivity index (χ4n) is 2.46. The van der Waals surface area contributed by atoms with Gasteiger partial charge in [-0.3, -0.25) is 0 Å². The lowest BCUT2D eigenvalue weighted by Crippen LogP contribution is -2.41. The molecule has 2 N–H and O–H groups in total. The number of furan rings is 1. The molecule has 130 valence electrons. The second kappa shape index (κ2) is 7.88. The number of hydrogen-bond donors (Lipinski definition) is 2. The molecular formula is C18H24N2O4. The number of rotatable bonds is 6. The van der Waals surface area contributed by atoms with Crippen LogP contribution in [0.2, 0.25) is 0 Å². The zero-order chi connectivity index (χ0) is 17.7.